The van der Waals surface area contributed by atoms with Crippen molar-refractivity contribution in [2.24, 2.45) is 0 Å². The molecule has 164 valence electrons. The summed E-state index contributed by atoms with van der Waals surface area (Å²) in [5, 5.41) is 5.33. The molecule has 1 aliphatic rings. The quantitative estimate of drug-likeness (QED) is 0.510. The maximum absolute atomic E-state index is 14.2. The number of sulfonamides is 1. The molecule has 1 heterocycles. The Balaban J connectivity index is 1.62. The van der Waals surface area contributed by atoms with Crippen molar-refractivity contribution in [3.05, 3.63) is 71.0 Å². The summed E-state index contributed by atoms with van der Waals surface area (Å²) in [7, 11) is -4.19. The molecule has 2 amide bonds. The van der Waals surface area contributed by atoms with Crippen molar-refractivity contribution in [3.63, 3.8) is 0 Å². The van der Waals surface area contributed by atoms with E-state index < -0.39 is 27.7 Å². The number of anilines is 3. The monoisotopic (exact) mass is 475 g/mol. The molecule has 32 heavy (non-hydrogen) atoms. The van der Waals surface area contributed by atoms with Gasteiger partial charge in [-0.1, -0.05) is 11.6 Å². The van der Waals surface area contributed by atoms with Gasteiger partial charge in [-0.25, -0.2) is 12.8 Å². The van der Waals surface area contributed by atoms with Gasteiger partial charge in [0, 0.05) is 17.6 Å². The van der Waals surface area contributed by atoms with Gasteiger partial charge in [-0.2, -0.15) is 0 Å². The number of carbonyl (C=O) groups excluding carboxylic acids is 2. The summed E-state index contributed by atoms with van der Waals surface area (Å²) < 4.78 is 47.7. The van der Waals surface area contributed by atoms with Crippen LogP contribution in [0, 0.1) is 5.82 Å². The average Bonchev–Trinajstić information content (AvgIpc) is 2.84. The molecular weight excluding hydrogens is 461 g/mol. The molecule has 0 radical (unpaired) electrons. The van der Waals surface area contributed by atoms with E-state index in [-0.39, 0.29) is 27.6 Å². The van der Waals surface area contributed by atoms with Crippen molar-refractivity contribution >= 4 is 50.5 Å². The second-order valence-corrected chi connectivity index (χ2v) is 8.95. The molecule has 0 unspecified atom stereocenters. The molecule has 8 nitrogen and oxygen atoms in total. The third kappa shape index (κ3) is 4.36. The number of benzene rings is 3. The number of amides is 2. The van der Waals surface area contributed by atoms with Gasteiger partial charge in [0.15, 0.2) is 5.75 Å². The van der Waals surface area contributed by atoms with Gasteiger partial charge >= 0.3 is 0 Å². The molecular formula is C21H15ClFN3O5S. The van der Waals surface area contributed by atoms with Crippen molar-refractivity contribution in [1.82, 2.24) is 0 Å². The van der Waals surface area contributed by atoms with Crippen molar-refractivity contribution in [2.45, 2.75) is 11.8 Å². The third-order valence-electron chi connectivity index (χ3n) is 4.45. The predicted molar refractivity (Wildman–Crippen MR) is 117 cm³/mol. The number of fused-ring (bicyclic) bond motifs is 2. The Morgan fingerprint density at radius 1 is 1.06 bits per heavy atom. The minimum Gasteiger partial charge on any atom is -0.454 e. The molecule has 0 spiro atoms. The Morgan fingerprint density at radius 3 is 2.53 bits per heavy atom. The second kappa shape index (κ2) is 8.13. The second-order valence-electron chi connectivity index (χ2n) is 6.84. The Morgan fingerprint density at radius 2 is 1.81 bits per heavy atom. The van der Waals surface area contributed by atoms with Crippen LogP contribution in [0.5, 0.6) is 11.5 Å². The van der Waals surface area contributed by atoms with Gasteiger partial charge in [0.25, 0.3) is 15.9 Å². The molecule has 0 bridgehead atoms. The SMILES string of the molecule is CC(=O)Nc1ccc(S(=O)(=O)Nc2ccc3c(c2)C(=O)Nc2cc(Cl)ccc2O3)cc1F. The first-order valence-electron chi connectivity index (χ1n) is 9.15. The fourth-order valence-electron chi connectivity index (χ4n) is 3.03. The third-order valence-corrected chi connectivity index (χ3v) is 6.06. The molecule has 3 aromatic carbocycles. The van der Waals surface area contributed by atoms with Crippen LogP contribution in [0.15, 0.2) is 59.5 Å². The van der Waals surface area contributed by atoms with Crippen LogP contribution in [0.2, 0.25) is 5.02 Å². The van der Waals surface area contributed by atoms with Crippen LogP contribution in [0.1, 0.15) is 17.3 Å². The maximum atomic E-state index is 14.2. The van der Waals surface area contributed by atoms with Gasteiger partial charge < -0.3 is 15.4 Å². The molecule has 1 aliphatic heterocycles. The Kier molecular flexibility index (Phi) is 5.49. The normalized spacial score (nSPS) is 12.5. The van der Waals surface area contributed by atoms with E-state index >= 15 is 0 Å². The van der Waals surface area contributed by atoms with Crippen LogP contribution in [0.3, 0.4) is 0 Å². The van der Waals surface area contributed by atoms with Gasteiger partial charge in [0.05, 0.1) is 21.8 Å². The first kappa shape index (κ1) is 21.6. The average molecular weight is 476 g/mol. The Bertz CT molecular complexity index is 1380. The lowest BCUT2D eigenvalue weighted by atomic mass is 10.1. The van der Waals surface area contributed by atoms with E-state index in [1.165, 1.54) is 31.2 Å². The van der Waals surface area contributed by atoms with Crippen LogP contribution >= 0.6 is 11.6 Å². The minimum atomic E-state index is -4.19. The lowest BCUT2D eigenvalue weighted by Crippen LogP contribution is -2.15. The van der Waals surface area contributed by atoms with E-state index in [2.05, 4.69) is 15.4 Å². The lowest BCUT2D eigenvalue weighted by Gasteiger charge is -2.12. The molecule has 0 atom stereocenters. The fraction of sp³-hybridized carbons (Fsp3) is 0.0476. The van der Waals surface area contributed by atoms with Crippen molar-refractivity contribution in [3.8, 4) is 11.5 Å². The largest absolute Gasteiger partial charge is 0.454 e. The molecule has 3 aromatic rings. The highest BCUT2D eigenvalue weighted by molar-refractivity contribution is 7.92. The summed E-state index contributed by atoms with van der Waals surface area (Å²) in [6, 6.07) is 12.0. The number of carbonyl (C=O) groups is 2. The Hall–Kier alpha value is -3.63. The molecule has 0 saturated heterocycles. The molecule has 0 fully saturated rings. The highest BCUT2D eigenvalue weighted by Crippen LogP contribution is 2.38. The van der Waals surface area contributed by atoms with Gasteiger partial charge in [-0.05, 0) is 54.6 Å². The topological polar surface area (TPSA) is 114 Å². The molecule has 0 saturated carbocycles. The highest BCUT2D eigenvalue weighted by atomic mass is 35.5. The van der Waals surface area contributed by atoms with Crippen molar-refractivity contribution in [2.75, 3.05) is 15.4 Å². The predicted octanol–water partition coefficient (Wildman–Crippen LogP) is 4.60. The zero-order valence-electron chi connectivity index (χ0n) is 16.4. The van der Waals surface area contributed by atoms with Gasteiger partial charge in [0.2, 0.25) is 5.91 Å². The highest BCUT2D eigenvalue weighted by Gasteiger charge is 2.23. The van der Waals surface area contributed by atoms with Crippen molar-refractivity contribution in [1.29, 1.82) is 0 Å². The van der Waals surface area contributed by atoms with Crippen LogP contribution in [-0.4, -0.2) is 20.2 Å². The van der Waals surface area contributed by atoms with Gasteiger partial charge in [-0.15, -0.1) is 0 Å². The molecule has 4 rings (SSSR count). The first-order valence-corrected chi connectivity index (χ1v) is 11.0. The molecule has 0 aromatic heterocycles. The lowest BCUT2D eigenvalue weighted by molar-refractivity contribution is -0.114. The van der Waals surface area contributed by atoms with Crippen LogP contribution in [0.4, 0.5) is 21.5 Å². The molecule has 3 N–H and O–H groups in total. The zero-order chi connectivity index (χ0) is 23.0. The van der Waals surface area contributed by atoms with E-state index in [1.807, 2.05) is 0 Å². The smallest absolute Gasteiger partial charge is 0.261 e. The summed E-state index contributed by atoms with van der Waals surface area (Å²) in [5.74, 6) is -1.32. The number of nitrogens with one attached hydrogen (secondary N) is 3. The number of hydrogen-bond acceptors (Lipinski definition) is 5. The number of halogens is 2. The van der Waals surface area contributed by atoms with Crippen LogP contribution in [-0.2, 0) is 14.8 Å². The Labute approximate surface area is 187 Å². The van der Waals surface area contributed by atoms with E-state index in [9.17, 15) is 22.4 Å². The van der Waals surface area contributed by atoms with Crippen molar-refractivity contribution < 1.29 is 27.1 Å². The summed E-state index contributed by atoms with van der Waals surface area (Å²) in [5.41, 5.74) is 0.382. The number of hydrogen-bond donors (Lipinski definition) is 3. The number of ether oxygens (including phenoxy) is 1. The van der Waals surface area contributed by atoms with Crippen LogP contribution in [0.25, 0.3) is 0 Å². The summed E-state index contributed by atoms with van der Waals surface area (Å²) in [4.78, 5) is 23.4. The van der Waals surface area contributed by atoms with E-state index in [1.54, 1.807) is 12.1 Å². The zero-order valence-corrected chi connectivity index (χ0v) is 18.0. The molecule has 11 heteroatoms. The summed E-state index contributed by atoms with van der Waals surface area (Å²) >= 11 is 5.96. The van der Waals surface area contributed by atoms with E-state index in [0.717, 1.165) is 18.2 Å². The standard InChI is InChI=1S/C21H15ClFN3O5S/c1-11(27)24-17-5-4-14(10-16(17)23)32(29,30)26-13-3-7-19-15(9-13)21(28)25-18-8-12(22)2-6-20(18)31-19/h2-10,26H,1H3,(H,24,27)(H,25,28). The summed E-state index contributed by atoms with van der Waals surface area (Å²) in [6.07, 6.45) is 0. The molecule has 0 aliphatic carbocycles. The van der Waals surface area contributed by atoms with Crippen LogP contribution < -0.4 is 20.1 Å². The van der Waals surface area contributed by atoms with Gasteiger partial charge in [-0.3, -0.25) is 14.3 Å². The van der Waals surface area contributed by atoms with E-state index in [0.29, 0.717) is 16.5 Å². The fourth-order valence-corrected chi connectivity index (χ4v) is 4.26. The van der Waals surface area contributed by atoms with E-state index in [4.69, 9.17) is 16.3 Å². The number of rotatable bonds is 4. The first-order chi connectivity index (χ1) is 15.1. The summed E-state index contributed by atoms with van der Waals surface area (Å²) in [6.45, 7) is 1.21. The maximum Gasteiger partial charge on any atom is 0.261 e. The van der Waals surface area contributed by atoms with Gasteiger partial charge in [0.1, 0.15) is 11.6 Å². The minimum absolute atomic E-state index is 0.0674.